The van der Waals surface area contributed by atoms with E-state index in [0.29, 0.717) is 11.9 Å². The van der Waals surface area contributed by atoms with Crippen molar-refractivity contribution in [1.82, 2.24) is 15.1 Å². The highest BCUT2D eigenvalue weighted by Gasteiger charge is 2.25. The van der Waals surface area contributed by atoms with Crippen LogP contribution < -0.4 is 5.32 Å². The van der Waals surface area contributed by atoms with Crippen LogP contribution in [0.2, 0.25) is 0 Å². The second kappa shape index (κ2) is 10.7. The van der Waals surface area contributed by atoms with Crippen LogP contribution in [0.3, 0.4) is 0 Å². The summed E-state index contributed by atoms with van der Waals surface area (Å²) in [5.74, 6) is 0.621. The maximum absolute atomic E-state index is 12.3. The Hall–Kier alpha value is -0.0300. The second-order valence-corrected chi connectivity index (χ2v) is 6.20. The number of carbonyl (C=O) groups excluding carboxylic acids is 1. The number of piperidine rings is 2. The third-order valence-corrected chi connectivity index (χ3v) is 4.78. The van der Waals surface area contributed by atoms with Crippen LogP contribution in [0.4, 0.5) is 0 Å². The summed E-state index contributed by atoms with van der Waals surface area (Å²) in [6.07, 6.45) is 7.12. The molecule has 0 radical (unpaired) electrons. The van der Waals surface area contributed by atoms with Gasteiger partial charge in [0.1, 0.15) is 0 Å². The normalized spacial score (nSPS) is 23.8. The highest BCUT2D eigenvalue weighted by Crippen LogP contribution is 2.19. The lowest BCUT2D eigenvalue weighted by Crippen LogP contribution is -2.42. The van der Waals surface area contributed by atoms with Crippen LogP contribution in [-0.2, 0) is 4.79 Å². The van der Waals surface area contributed by atoms with Crippen LogP contribution in [-0.4, -0.2) is 62.0 Å². The van der Waals surface area contributed by atoms with Gasteiger partial charge in [0.25, 0.3) is 0 Å². The van der Waals surface area contributed by atoms with Crippen molar-refractivity contribution in [2.75, 3.05) is 40.3 Å². The van der Waals surface area contributed by atoms with Crippen LogP contribution >= 0.6 is 24.8 Å². The minimum Gasteiger partial charge on any atom is -0.345 e. The largest absolute Gasteiger partial charge is 0.345 e. The van der Waals surface area contributed by atoms with Gasteiger partial charge in [0.15, 0.2) is 0 Å². The molecule has 0 saturated carbocycles. The number of hydrogen-bond donors (Lipinski definition) is 1. The predicted octanol–water partition coefficient (Wildman–Crippen LogP) is 2.16. The van der Waals surface area contributed by atoms with E-state index in [1.807, 2.05) is 11.9 Å². The zero-order valence-corrected chi connectivity index (χ0v) is 15.0. The SMILES string of the molecule is CN(CCC1CCCCN1C)C(=O)C1CCNCC1.Cl.Cl. The van der Waals surface area contributed by atoms with E-state index in [1.54, 1.807) is 0 Å². The fraction of sp³-hybridized carbons (Fsp3) is 0.933. The van der Waals surface area contributed by atoms with E-state index in [0.717, 1.165) is 38.9 Å². The van der Waals surface area contributed by atoms with Crippen molar-refractivity contribution in [3.63, 3.8) is 0 Å². The van der Waals surface area contributed by atoms with Gasteiger partial charge < -0.3 is 15.1 Å². The van der Waals surface area contributed by atoms with E-state index in [2.05, 4.69) is 17.3 Å². The Morgan fingerprint density at radius 3 is 2.48 bits per heavy atom. The summed E-state index contributed by atoms with van der Waals surface area (Å²) in [5, 5.41) is 3.32. The monoisotopic (exact) mass is 339 g/mol. The van der Waals surface area contributed by atoms with E-state index >= 15 is 0 Å². The zero-order valence-electron chi connectivity index (χ0n) is 13.3. The standard InChI is InChI=1S/C15H29N3O.2ClH/c1-17-11-4-3-5-14(17)8-12-18(2)15(19)13-6-9-16-10-7-13;;/h13-14,16H,3-12H2,1-2H3;2*1H. The van der Waals surface area contributed by atoms with E-state index in [-0.39, 0.29) is 30.7 Å². The van der Waals surface area contributed by atoms with Gasteiger partial charge in [-0.25, -0.2) is 0 Å². The van der Waals surface area contributed by atoms with Gasteiger partial charge in [-0.2, -0.15) is 0 Å². The average Bonchev–Trinajstić information content (AvgIpc) is 2.46. The van der Waals surface area contributed by atoms with Gasteiger partial charge in [-0.1, -0.05) is 6.42 Å². The van der Waals surface area contributed by atoms with Crippen LogP contribution in [0.15, 0.2) is 0 Å². The van der Waals surface area contributed by atoms with Gasteiger partial charge >= 0.3 is 0 Å². The number of nitrogens with one attached hydrogen (secondary N) is 1. The summed E-state index contributed by atoms with van der Waals surface area (Å²) in [7, 11) is 4.20. The lowest BCUT2D eigenvalue weighted by Gasteiger charge is -2.34. The fourth-order valence-electron chi connectivity index (χ4n) is 3.34. The molecule has 1 atom stereocenters. The van der Waals surface area contributed by atoms with Gasteiger partial charge in [-0.3, -0.25) is 4.79 Å². The molecular weight excluding hydrogens is 309 g/mol. The molecule has 0 aromatic carbocycles. The third kappa shape index (κ3) is 6.31. The first-order chi connectivity index (χ1) is 9.18. The molecule has 21 heavy (non-hydrogen) atoms. The number of halogens is 2. The molecule has 1 amide bonds. The number of nitrogens with zero attached hydrogens (tertiary/aromatic N) is 2. The molecular formula is C15H31Cl2N3O. The summed E-state index contributed by atoms with van der Waals surface area (Å²) < 4.78 is 0. The Labute approximate surface area is 141 Å². The fourth-order valence-corrected chi connectivity index (χ4v) is 3.34. The van der Waals surface area contributed by atoms with Crippen molar-refractivity contribution >= 4 is 30.7 Å². The first kappa shape index (κ1) is 21.0. The molecule has 2 fully saturated rings. The van der Waals surface area contributed by atoms with Crippen LogP contribution in [0.25, 0.3) is 0 Å². The van der Waals surface area contributed by atoms with Gasteiger partial charge in [0.2, 0.25) is 5.91 Å². The van der Waals surface area contributed by atoms with Crippen molar-refractivity contribution in [2.24, 2.45) is 5.92 Å². The Kier molecular flexibility index (Phi) is 10.6. The number of likely N-dealkylation sites (tertiary alicyclic amines) is 1. The van der Waals surface area contributed by atoms with Crippen molar-refractivity contribution in [2.45, 2.75) is 44.6 Å². The lowest BCUT2D eigenvalue weighted by atomic mass is 9.96. The number of hydrogen-bond acceptors (Lipinski definition) is 3. The highest BCUT2D eigenvalue weighted by molar-refractivity contribution is 5.85. The smallest absolute Gasteiger partial charge is 0.225 e. The molecule has 2 aliphatic rings. The van der Waals surface area contributed by atoms with Gasteiger partial charge in [0, 0.05) is 25.6 Å². The van der Waals surface area contributed by atoms with Crippen LogP contribution in [0.1, 0.15) is 38.5 Å². The van der Waals surface area contributed by atoms with E-state index in [4.69, 9.17) is 0 Å². The molecule has 0 aromatic rings. The Morgan fingerprint density at radius 1 is 1.19 bits per heavy atom. The summed E-state index contributed by atoms with van der Waals surface area (Å²) in [6, 6.07) is 0.678. The summed E-state index contributed by atoms with van der Waals surface area (Å²) >= 11 is 0. The van der Waals surface area contributed by atoms with Crippen molar-refractivity contribution < 1.29 is 4.79 Å². The number of rotatable bonds is 4. The molecule has 126 valence electrons. The summed E-state index contributed by atoms with van der Waals surface area (Å²) in [4.78, 5) is 16.8. The van der Waals surface area contributed by atoms with Crippen molar-refractivity contribution in [3.8, 4) is 0 Å². The average molecular weight is 340 g/mol. The van der Waals surface area contributed by atoms with E-state index < -0.39 is 0 Å². The zero-order chi connectivity index (χ0) is 13.7. The molecule has 0 aromatic heterocycles. The minimum atomic E-state index is 0. The molecule has 1 N–H and O–H groups in total. The minimum absolute atomic E-state index is 0. The molecule has 0 spiro atoms. The third-order valence-electron chi connectivity index (χ3n) is 4.78. The van der Waals surface area contributed by atoms with Crippen molar-refractivity contribution in [1.29, 1.82) is 0 Å². The molecule has 0 bridgehead atoms. The maximum atomic E-state index is 12.3. The molecule has 2 heterocycles. The molecule has 1 unspecified atom stereocenters. The second-order valence-electron chi connectivity index (χ2n) is 6.20. The van der Waals surface area contributed by atoms with Gasteiger partial charge in [-0.15, -0.1) is 24.8 Å². The molecule has 6 heteroatoms. The number of amides is 1. The quantitative estimate of drug-likeness (QED) is 0.852. The van der Waals surface area contributed by atoms with Crippen LogP contribution in [0, 0.1) is 5.92 Å². The van der Waals surface area contributed by atoms with Crippen LogP contribution in [0.5, 0.6) is 0 Å². The molecule has 2 rings (SSSR count). The highest BCUT2D eigenvalue weighted by atomic mass is 35.5. The first-order valence-corrected chi connectivity index (χ1v) is 7.84. The summed E-state index contributed by atoms with van der Waals surface area (Å²) in [6.45, 7) is 4.12. The number of carbonyl (C=O) groups is 1. The van der Waals surface area contributed by atoms with E-state index in [9.17, 15) is 4.79 Å². The maximum Gasteiger partial charge on any atom is 0.225 e. The molecule has 4 nitrogen and oxygen atoms in total. The molecule has 0 aliphatic carbocycles. The van der Waals surface area contributed by atoms with Crippen molar-refractivity contribution in [3.05, 3.63) is 0 Å². The Balaban J connectivity index is 0.00000200. The topological polar surface area (TPSA) is 35.6 Å². The molecule has 2 aliphatic heterocycles. The Morgan fingerprint density at radius 2 is 1.86 bits per heavy atom. The van der Waals surface area contributed by atoms with E-state index in [1.165, 1.54) is 25.8 Å². The molecule has 2 saturated heterocycles. The van der Waals surface area contributed by atoms with Gasteiger partial charge in [-0.05, 0) is 58.8 Å². The summed E-state index contributed by atoms with van der Waals surface area (Å²) in [5.41, 5.74) is 0. The predicted molar refractivity (Wildman–Crippen MR) is 92.6 cm³/mol. The lowest BCUT2D eigenvalue weighted by molar-refractivity contribution is -0.135. The first-order valence-electron chi connectivity index (χ1n) is 7.84. The van der Waals surface area contributed by atoms with Gasteiger partial charge in [0.05, 0.1) is 0 Å². The Bertz CT molecular complexity index is 299.